The van der Waals surface area contributed by atoms with Crippen LogP contribution >= 0.6 is 0 Å². The Morgan fingerprint density at radius 1 is 0.545 bits per heavy atom. The summed E-state index contributed by atoms with van der Waals surface area (Å²) in [5.41, 5.74) is 6.69. The molecule has 0 spiro atoms. The van der Waals surface area contributed by atoms with Crippen molar-refractivity contribution in [3.63, 3.8) is 0 Å². The van der Waals surface area contributed by atoms with Crippen molar-refractivity contribution in [2.24, 2.45) is 0 Å². The van der Waals surface area contributed by atoms with Gasteiger partial charge in [-0.2, -0.15) is 13.2 Å². The van der Waals surface area contributed by atoms with E-state index in [0.717, 1.165) is 56.9 Å². The first-order valence-corrected chi connectivity index (χ1v) is 12.3. The summed E-state index contributed by atoms with van der Waals surface area (Å²) in [7, 11) is 0. The van der Waals surface area contributed by atoms with E-state index in [-0.39, 0.29) is 6.42 Å². The lowest BCUT2D eigenvalue weighted by Crippen LogP contribution is -2.22. The van der Waals surface area contributed by atoms with Crippen LogP contribution in [0.15, 0.2) is 58.2 Å². The van der Waals surface area contributed by atoms with Crippen LogP contribution < -0.4 is 0 Å². The van der Waals surface area contributed by atoms with Gasteiger partial charge in [-0.3, -0.25) is 4.79 Å². The van der Waals surface area contributed by atoms with Crippen molar-refractivity contribution in [2.45, 2.75) is 118 Å². The second-order valence-corrected chi connectivity index (χ2v) is 9.45. The Kier molecular flexibility index (Phi) is 16.6. The van der Waals surface area contributed by atoms with Gasteiger partial charge in [0.2, 0.25) is 5.78 Å². The Hall–Kier alpha value is -1.84. The number of carbonyl (C=O) groups excluding carboxylic acids is 1. The van der Waals surface area contributed by atoms with Crippen molar-refractivity contribution in [1.82, 2.24) is 0 Å². The summed E-state index contributed by atoms with van der Waals surface area (Å²) in [5, 5.41) is 0. The fourth-order valence-corrected chi connectivity index (χ4v) is 3.42. The fraction of sp³-hybridized carbons (Fsp3) is 0.621. The zero-order valence-electron chi connectivity index (χ0n) is 21.7. The van der Waals surface area contributed by atoms with Crippen LogP contribution in [0.5, 0.6) is 0 Å². The number of unbranched alkanes of at least 4 members (excludes halogenated alkanes) is 1. The Bertz CT molecular complexity index is 726. The smallest absolute Gasteiger partial charge is 0.290 e. The molecule has 0 unspecified atom stereocenters. The standard InChI is InChI=1S/C29H45F3O/c1-23(2)13-9-16-26(5)19-10-17-24(3)14-7-8-15-25(4)18-11-20-27(6)21-12-22-28(33)29(30,31)32/h13-15,19-20H,7-12,16-18,21-22H2,1-6H3/b24-14+,25-15+,26-19+,27-20+. The van der Waals surface area contributed by atoms with Crippen molar-refractivity contribution >= 4 is 5.78 Å². The third-order valence-corrected chi connectivity index (χ3v) is 5.60. The number of Topliss-reactive ketones (excluding diaryl/α,β-unsaturated/α-hetero) is 1. The molecule has 0 aromatic rings. The van der Waals surface area contributed by atoms with Crippen molar-refractivity contribution in [3.05, 3.63) is 58.2 Å². The lowest BCUT2D eigenvalue weighted by molar-refractivity contribution is -0.171. The van der Waals surface area contributed by atoms with Gasteiger partial charge in [0.05, 0.1) is 0 Å². The summed E-state index contributed by atoms with van der Waals surface area (Å²) >= 11 is 0. The quantitative estimate of drug-likeness (QED) is 0.163. The third kappa shape index (κ3) is 19.3. The third-order valence-electron chi connectivity index (χ3n) is 5.60. The summed E-state index contributed by atoms with van der Waals surface area (Å²) in [5.74, 6) is -1.62. The van der Waals surface area contributed by atoms with E-state index in [1.807, 2.05) is 6.92 Å². The maximum atomic E-state index is 12.2. The normalized spacial score (nSPS) is 14.0. The number of ketones is 1. The molecule has 0 N–H and O–H groups in total. The zero-order valence-corrected chi connectivity index (χ0v) is 21.7. The number of halogens is 3. The number of hydrogen-bond acceptors (Lipinski definition) is 1. The Morgan fingerprint density at radius 3 is 1.30 bits per heavy atom. The lowest BCUT2D eigenvalue weighted by Gasteiger charge is -2.05. The maximum absolute atomic E-state index is 12.2. The van der Waals surface area contributed by atoms with Crippen LogP contribution in [0.4, 0.5) is 13.2 Å². The van der Waals surface area contributed by atoms with Gasteiger partial charge < -0.3 is 0 Å². The second kappa shape index (κ2) is 17.6. The van der Waals surface area contributed by atoms with E-state index in [2.05, 4.69) is 65.0 Å². The minimum Gasteiger partial charge on any atom is -0.290 e. The van der Waals surface area contributed by atoms with Crippen LogP contribution in [0.3, 0.4) is 0 Å². The Morgan fingerprint density at radius 2 is 0.909 bits per heavy atom. The fourth-order valence-electron chi connectivity index (χ4n) is 3.42. The molecule has 4 heteroatoms. The minimum absolute atomic E-state index is 0.256. The molecule has 0 heterocycles. The largest absolute Gasteiger partial charge is 0.449 e. The van der Waals surface area contributed by atoms with Gasteiger partial charge in [0.25, 0.3) is 0 Å². The van der Waals surface area contributed by atoms with Crippen molar-refractivity contribution in [3.8, 4) is 0 Å². The lowest BCUT2D eigenvalue weighted by atomic mass is 10.0. The molecule has 33 heavy (non-hydrogen) atoms. The summed E-state index contributed by atoms with van der Waals surface area (Å²) < 4.78 is 36.6. The molecule has 0 aliphatic heterocycles. The molecule has 0 saturated heterocycles. The average molecular weight is 467 g/mol. The van der Waals surface area contributed by atoms with E-state index in [1.165, 1.54) is 22.3 Å². The van der Waals surface area contributed by atoms with Gasteiger partial charge in [-0.05, 0) is 106 Å². The molecule has 0 aliphatic rings. The molecular formula is C29H45F3O. The summed E-state index contributed by atoms with van der Waals surface area (Å²) in [6.07, 6.45) is 15.4. The predicted molar refractivity (Wildman–Crippen MR) is 136 cm³/mol. The summed E-state index contributed by atoms with van der Waals surface area (Å²) in [4.78, 5) is 10.9. The Labute approximate surface area is 200 Å². The predicted octanol–water partition coefficient (Wildman–Crippen LogP) is 10.2. The maximum Gasteiger partial charge on any atom is 0.449 e. The highest BCUT2D eigenvalue weighted by molar-refractivity contribution is 5.83. The molecule has 0 aliphatic carbocycles. The molecule has 0 aromatic heterocycles. The van der Waals surface area contributed by atoms with E-state index in [0.29, 0.717) is 6.42 Å². The molecule has 0 bridgehead atoms. The SMILES string of the molecule is CC(C)=CCC/C(C)=C/CC/C(C)=C/CC/C=C(\C)CC/C=C(\C)CCCC(=O)C(F)(F)F. The molecule has 0 atom stereocenters. The van der Waals surface area contributed by atoms with Crippen molar-refractivity contribution < 1.29 is 18.0 Å². The second-order valence-electron chi connectivity index (χ2n) is 9.45. The van der Waals surface area contributed by atoms with Gasteiger partial charge >= 0.3 is 6.18 Å². The first-order chi connectivity index (χ1) is 15.4. The monoisotopic (exact) mass is 466 g/mol. The molecule has 0 saturated carbocycles. The highest BCUT2D eigenvalue weighted by Crippen LogP contribution is 2.20. The number of carbonyl (C=O) groups is 1. The first-order valence-electron chi connectivity index (χ1n) is 12.3. The minimum atomic E-state index is -4.70. The van der Waals surface area contributed by atoms with E-state index in [4.69, 9.17) is 0 Å². The van der Waals surface area contributed by atoms with Crippen molar-refractivity contribution in [2.75, 3.05) is 0 Å². The Balaban J connectivity index is 4.09. The number of rotatable bonds is 16. The van der Waals surface area contributed by atoms with Crippen LogP contribution in [0.1, 0.15) is 112 Å². The molecule has 1 nitrogen and oxygen atoms in total. The molecule has 0 amide bonds. The molecule has 188 valence electrons. The number of allylic oxidation sites excluding steroid dienone is 10. The van der Waals surface area contributed by atoms with E-state index >= 15 is 0 Å². The molecule has 0 aromatic carbocycles. The molecular weight excluding hydrogens is 421 g/mol. The van der Waals surface area contributed by atoms with Gasteiger partial charge in [-0.25, -0.2) is 0 Å². The first kappa shape index (κ1) is 31.2. The molecule has 0 rings (SSSR count). The summed E-state index contributed by atoms with van der Waals surface area (Å²) in [6.45, 7) is 12.8. The van der Waals surface area contributed by atoms with Gasteiger partial charge in [-0.15, -0.1) is 0 Å². The zero-order chi connectivity index (χ0) is 25.3. The summed E-state index contributed by atoms with van der Waals surface area (Å²) in [6, 6.07) is 0. The number of alkyl halides is 3. The van der Waals surface area contributed by atoms with Crippen LogP contribution in [0, 0.1) is 0 Å². The van der Waals surface area contributed by atoms with Crippen LogP contribution in [0.2, 0.25) is 0 Å². The van der Waals surface area contributed by atoms with Gasteiger partial charge in [0.15, 0.2) is 0 Å². The van der Waals surface area contributed by atoms with E-state index in [9.17, 15) is 18.0 Å². The van der Waals surface area contributed by atoms with Gasteiger partial charge in [-0.1, -0.05) is 58.2 Å². The van der Waals surface area contributed by atoms with Gasteiger partial charge in [0, 0.05) is 6.42 Å². The van der Waals surface area contributed by atoms with Crippen LogP contribution in [0.25, 0.3) is 0 Å². The van der Waals surface area contributed by atoms with E-state index in [1.54, 1.807) is 0 Å². The van der Waals surface area contributed by atoms with Crippen LogP contribution in [-0.4, -0.2) is 12.0 Å². The van der Waals surface area contributed by atoms with Crippen molar-refractivity contribution in [1.29, 1.82) is 0 Å². The molecule has 0 fully saturated rings. The molecule has 0 radical (unpaired) electrons. The van der Waals surface area contributed by atoms with E-state index < -0.39 is 18.4 Å². The highest BCUT2D eigenvalue weighted by atomic mass is 19.4. The topological polar surface area (TPSA) is 17.1 Å². The average Bonchev–Trinajstić information content (AvgIpc) is 2.70. The van der Waals surface area contributed by atoms with Gasteiger partial charge in [0.1, 0.15) is 0 Å². The highest BCUT2D eigenvalue weighted by Gasteiger charge is 2.37. The number of hydrogen-bond donors (Lipinski definition) is 0. The van der Waals surface area contributed by atoms with Crippen LogP contribution in [-0.2, 0) is 4.79 Å².